The Bertz CT molecular complexity index is 353. The highest BCUT2D eigenvalue weighted by molar-refractivity contribution is 8.13. The molecule has 0 spiro atoms. The zero-order valence-electron chi connectivity index (χ0n) is 8.24. The lowest BCUT2D eigenvalue weighted by Crippen LogP contribution is -2.20. The van der Waals surface area contributed by atoms with Gasteiger partial charge in [0.2, 0.25) is 0 Å². The van der Waals surface area contributed by atoms with Crippen LogP contribution in [0.3, 0.4) is 0 Å². The first-order valence-corrected chi connectivity index (χ1v) is 5.62. The van der Waals surface area contributed by atoms with Gasteiger partial charge < -0.3 is 5.32 Å². The molecule has 5 heteroatoms. The number of rotatable bonds is 1. The van der Waals surface area contributed by atoms with Crippen molar-refractivity contribution in [2.45, 2.75) is 6.04 Å². The summed E-state index contributed by atoms with van der Waals surface area (Å²) in [6.07, 6.45) is 1.98. The molecular weight excluding hydrogens is 235 g/mol. The highest BCUT2D eigenvalue weighted by Crippen LogP contribution is 2.19. The molecular formula is C10H12ClFN2S. The molecule has 1 aliphatic heterocycles. The fraction of sp³-hybridized carbons (Fsp3) is 0.300. The molecule has 2 nitrogen and oxygen atoms in total. The normalized spacial score (nSPS) is 19.1. The zero-order valence-corrected chi connectivity index (χ0v) is 9.87. The van der Waals surface area contributed by atoms with Crippen molar-refractivity contribution in [3.8, 4) is 0 Å². The Kier molecular flexibility index (Phi) is 4.42. The first kappa shape index (κ1) is 12.3. The van der Waals surface area contributed by atoms with E-state index in [1.165, 1.54) is 12.1 Å². The summed E-state index contributed by atoms with van der Waals surface area (Å²) >= 11 is 1.60. The van der Waals surface area contributed by atoms with Crippen LogP contribution in [-0.2, 0) is 0 Å². The van der Waals surface area contributed by atoms with Crippen molar-refractivity contribution >= 4 is 29.3 Å². The Morgan fingerprint density at radius 1 is 1.40 bits per heavy atom. The molecule has 1 atom stereocenters. The quantitative estimate of drug-likeness (QED) is 0.824. The van der Waals surface area contributed by atoms with Crippen molar-refractivity contribution in [3.05, 3.63) is 35.6 Å². The van der Waals surface area contributed by atoms with Crippen LogP contribution in [0.2, 0.25) is 0 Å². The van der Waals surface area contributed by atoms with Crippen molar-refractivity contribution in [3.63, 3.8) is 0 Å². The van der Waals surface area contributed by atoms with E-state index in [2.05, 4.69) is 10.3 Å². The summed E-state index contributed by atoms with van der Waals surface area (Å²) in [7, 11) is 0. The largest absolute Gasteiger partial charge is 0.356 e. The number of nitrogens with zero attached hydrogens (tertiary/aromatic N) is 1. The minimum absolute atomic E-state index is 0. The second-order valence-corrected chi connectivity index (χ2v) is 3.89. The molecule has 0 saturated carbocycles. The lowest BCUT2D eigenvalue weighted by molar-refractivity contribution is 0.624. The van der Waals surface area contributed by atoms with Gasteiger partial charge in [0.15, 0.2) is 5.17 Å². The lowest BCUT2D eigenvalue weighted by Gasteiger charge is -2.10. The van der Waals surface area contributed by atoms with Gasteiger partial charge in [-0.2, -0.15) is 0 Å². The van der Waals surface area contributed by atoms with Gasteiger partial charge in [0, 0.05) is 0 Å². The van der Waals surface area contributed by atoms with E-state index in [9.17, 15) is 4.39 Å². The van der Waals surface area contributed by atoms with Crippen LogP contribution in [0.15, 0.2) is 29.3 Å². The van der Waals surface area contributed by atoms with Crippen LogP contribution in [0.4, 0.5) is 4.39 Å². The van der Waals surface area contributed by atoms with Gasteiger partial charge in [-0.25, -0.2) is 4.39 Å². The predicted octanol–water partition coefficient (Wildman–Crippen LogP) is 2.61. The van der Waals surface area contributed by atoms with Gasteiger partial charge in [-0.3, -0.25) is 4.99 Å². The first-order chi connectivity index (χ1) is 6.79. The van der Waals surface area contributed by atoms with E-state index in [0.717, 1.165) is 17.3 Å². The summed E-state index contributed by atoms with van der Waals surface area (Å²) in [4.78, 5) is 4.31. The maximum absolute atomic E-state index is 12.7. The van der Waals surface area contributed by atoms with Crippen molar-refractivity contribution < 1.29 is 4.39 Å². The highest BCUT2D eigenvalue weighted by Gasteiger charge is 2.17. The molecule has 0 radical (unpaired) electrons. The van der Waals surface area contributed by atoms with Crippen LogP contribution in [0.1, 0.15) is 11.6 Å². The summed E-state index contributed by atoms with van der Waals surface area (Å²) < 4.78 is 12.7. The second kappa shape index (κ2) is 5.37. The zero-order chi connectivity index (χ0) is 9.97. The third-order valence-electron chi connectivity index (χ3n) is 2.18. The van der Waals surface area contributed by atoms with Crippen LogP contribution < -0.4 is 5.32 Å². The van der Waals surface area contributed by atoms with Crippen molar-refractivity contribution in [1.82, 2.24) is 5.32 Å². The van der Waals surface area contributed by atoms with Gasteiger partial charge in [0.05, 0.1) is 12.6 Å². The fourth-order valence-electron chi connectivity index (χ4n) is 1.42. The van der Waals surface area contributed by atoms with Crippen molar-refractivity contribution in [1.29, 1.82) is 0 Å². The number of benzene rings is 1. The van der Waals surface area contributed by atoms with E-state index in [1.807, 2.05) is 6.26 Å². The molecule has 82 valence electrons. The average Bonchev–Trinajstić information content (AvgIpc) is 2.67. The number of hydrogen-bond acceptors (Lipinski definition) is 3. The summed E-state index contributed by atoms with van der Waals surface area (Å²) in [5.74, 6) is -0.197. The van der Waals surface area contributed by atoms with Crippen LogP contribution >= 0.6 is 24.2 Å². The molecule has 1 aromatic carbocycles. The van der Waals surface area contributed by atoms with E-state index in [0.29, 0.717) is 0 Å². The van der Waals surface area contributed by atoms with E-state index < -0.39 is 0 Å². The van der Waals surface area contributed by atoms with E-state index in [-0.39, 0.29) is 24.3 Å². The summed E-state index contributed by atoms with van der Waals surface area (Å²) in [5.41, 5.74) is 1.08. The third kappa shape index (κ3) is 2.86. The fourth-order valence-corrected chi connectivity index (χ4v) is 1.89. The number of aliphatic imine (C=N–C) groups is 1. The minimum atomic E-state index is -0.197. The van der Waals surface area contributed by atoms with Crippen molar-refractivity contribution in [2.24, 2.45) is 4.99 Å². The standard InChI is InChI=1S/C10H11FN2S.ClH/c1-14-10-12-6-9(13-10)7-2-4-8(11)5-3-7;/h2-5,9H,6H2,1H3,(H,12,13);1H. The van der Waals surface area contributed by atoms with Crippen LogP contribution in [0, 0.1) is 5.82 Å². The molecule has 0 aliphatic carbocycles. The molecule has 0 amide bonds. The number of halogens is 2. The molecule has 1 heterocycles. The first-order valence-electron chi connectivity index (χ1n) is 4.40. The molecule has 15 heavy (non-hydrogen) atoms. The van der Waals surface area contributed by atoms with E-state index in [4.69, 9.17) is 0 Å². The molecule has 0 fully saturated rings. The second-order valence-electron chi connectivity index (χ2n) is 3.10. The highest BCUT2D eigenvalue weighted by atomic mass is 35.5. The van der Waals surface area contributed by atoms with Crippen molar-refractivity contribution in [2.75, 3.05) is 12.8 Å². The minimum Gasteiger partial charge on any atom is -0.356 e. The number of amidine groups is 1. The Hall–Kier alpha value is -0.740. The topological polar surface area (TPSA) is 24.4 Å². The number of nitrogens with one attached hydrogen (secondary N) is 1. The van der Waals surface area contributed by atoms with E-state index in [1.54, 1.807) is 23.9 Å². The smallest absolute Gasteiger partial charge is 0.156 e. The van der Waals surface area contributed by atoms with Gasteiger partial charge in [-0.1, -0.05) is 23.9 Å². The molecule has 0 bridgehead atoms. The van der Waals surface area contributed by atoms with Gasteiger partial charge >= 0.3 is 0 Å². The monoisotopic (exact) mass is 246 g/mol. The van der Waals surface area contributed by atoms with Crippen LogP contribution in [0.5, 0.6) is 0 Å². The lowest BCUT2D eigenvalue weighted by atomic mass is 10.1. The Balaban J connectivity index is 0.00000112. The van der Waals surface area contributed by atoms with Gasteiger partial charge in [0.25, 0.3) is 0 Å². The van der Waals surface area contributed by atoms with Gasteiger partial charge in [-0.15, -0.1) is 12.4 Å². The Labute approximate surface area is 98.8 Å². The molecule has 2 rings (SSSR count). The number of hydrogen-bond donors (Lipinski definition) is 1. The van der Waals surface area contributed by atoms with Gasteiger partial charge in [0.1, 0.15) is 5.82 Å². The SMILES string of the molecule is CSC1=NCC(c2ccc(F)cc2)N1.Cl. The third-order valence-corrected chi connectivity index (χ3v) is 2.81. The summed E-state index contributed by atoms with van der Waals surface area (Å²) in [6, 6.07) is 6.76. The maximum atomic E-state index is 12.7. The maximum Gasteiger partial charge on any atom is 0.156 e. The summed E-state index contributed by atoms with van der Waals surface area (Å²) in [6.45, 7) is 0.738. The van der Waals surface area contributed by atoms with Gasteiger partial charge in [-0.05, 0) is 24.0 Å². The molecule has 1 aromatic rings. The average molecular weight is 247 g/mol. The molecule has 0 saturated heterocycles. The van der Waals surface area contributed by atoms with Crippen LogP contribution in [-0.4, -0.2) is 18.0 Å². The Morgan fingerprint density at radius 3 is 2.60 bits per heavy atom. The predicted molar refractivity (Wildman–Crippen MR) is 65.3 cm³/mol. The van der Waals surface area contributed by atoms with E-state index >= 15 is 0 Å². The summed E-state index contributed by atoms with van der Waals surface area (Å²) in [5, 5.41) is 4.22. The number of thioether (sulfide) groups is 1. The molecule has 1 unspecified atom stereocenters. The molecule has 1 aliphatic rings. The van der Waals surface area contributed by atoms with Crippen LogP contribution in [0.25, 0.3) is 0 Å². The molecule has 1 N–H and O–H groups in total. The molecule has 0 aromatic heterocycles. The Morgan fingerprint density at radius 2 is 2.07 bits per heavy atom.